The molecule has 4 bridgehead atoms. The predicted molar refractivity (Wildman–Crippen MR) is 203 cm³/mol. The van der Waals surface area contributed by atoms with Crippen molar-refractivity contribution in [3.63, 3.8) is 0 Å². The highest BCUT2D eigenvalue weighted by molar-refractivity contribution is 5.69. The van der Waals surface area contributed by atoms with Gasteiger partial charge in [-0.3, -0.25) is 0 Å². The zero-order valence-electron chi connectivity index (χ0n) is 32.8. The molecule has 0 spiro atoms. The first-order valence-electron chi connectivity index (χ1n) is 21.7. The van der Waals surface area contributed by atoms with Crippen LogP contribution in [0.2, 0.25) is 0 Å². The van der Waals surface area contributed by atoms with Crippen molar-refractivity contribution >= 4 is 6.29 Å². The van der Waals surface area contributed by atoms with Crippen LogP contribution in [-0.4, -0.2) is 92.1 Å². The van der Waals surface area contributed by atoms with Crippen molar-refractivity contribution in [3.05, 3.63) is 11.6 Å². The molecule has 0 aromatic rings. The summed E-state index contributed by atoms with van der Waals surface area (Å²) >= 11 is 0. The molecule has 0 amide bonds. The van der Waals surface area contributed by atoms with Crippen LogP contribution >= 0.6 is 0 Å². The van der Waals surface area contributed by atoms with Gasteiger partial charge in [0, 0.05) is 49.0 Å². The number of likely N-dealkylation sites (N-methyl/N-ethyl adjacent to an activating group) is 1. The molecule has 7 aliphatic rings. The maximum Gasteiger partial charge on any atom is 0.127 e. The van der Waals surface area contributed by atoms with Gasteiger partial charge in [0.2, 0.25) is 0 Å². The first-order chi connectivity index (χ1) is 23.7. The summed E-state index contributed by atoms with van der Waals surface area (Å²) in [4.78, 5) is 21.9. The fourth-order valence-corrected chi connectivity index (χ4v) is 14.2. The summed E-state index contributed by atoms with van der Waals surface area (Å²) in [6.45, 7) is 25.5. The first-order valence-corrected chi connectivity index (χ1v) is 21.7. The Hall–Kier alpha value is -0.750. The number of rotatable bonds is 15. The van der Waals surface area contributed by atoms with Crippen LogP contribution in [0, 0.1) is 57.7 Å². The van der Waals surface area contributed by atoms with Crippen molar-refractivity contribution < 1.29 is 9.53 Å². The van der Waals surface area contributed by atoms with E-state index < -0.39 is 0 Å². The molecule has 5 heteroatoms. The minimum absolute atomic E-state index is 0.0626. The van der Waals surface area contributed by atoms with Gasteiger partial charge in [0.15, 0.2) is 0 Å². The first kappa shape index (κ1) is 36.6. The highest BCUT2D eigenvalue weighted by Crippen LogP contribution is 2.84. The van der Waals surface area contributed by atoms with E-state index in [0.717, 1.165) is 31.3 Å². The quantitative estimate of drug-likeness (QED) is 0.0985. The standard InChI is InChI=1S/C44H75N3O2/c1-7-9-13-19-46-22-24-47(25-23-46)21-14-20-45(8-2)30-40-36(34-15-11-10-12-16-34)27-41(49-40)44-29-37-33(5)17-18-38(37)43(31-48)28-35(44)26-39(32(3)4)42(43,44)6/h26,31-38,40-41H,7-25,27-30H2,1-6H3/t33-,35?,36?,37-,38-,40?,41?,42-,43?,44?/m1/s1. The molecule has 7 rings (SSSR count). The third-order valence-electron chi connectivity index (χ3n) is 16.8. The van der Waals surface area contributed by atoms with E-state index in [-0.39, 0.29) is 22.3 Å². The molecular weight excluding hydrogens is 603 g/mol. The number of carbonyl (C=O) groups is 1. The summed E-state index contributed by atoms with van der Waals surface area (Å²) in [5.41, 5.74) is 1.45. The van der Waals surface area contributed by atoms with E-state index in [1.165, 1.54) is 136 Å². The average molecular weight is 678 g/mol. The topological polar surface area (TPSA) is 36.0 Å². The van der Waals surface area contributed by atoms with Gasteiger partial charge in [-0.1, -0.05) is 105 Å². The van der Waals surface area contributed by atoms with Crippen molar-refractivity contribution in [1.29, 1.82) is 0 Å². The summed E-state index contributed by atoms with van der Waals surface area (Å²) in [6, 6.07) is 0. The van der Waals surface area contributed by atoms with Crippen molar-refractivity contribution in [2.45, 2.75) is 144 Å². The van der Waals surface area contributed by atoms with Crippen LogP contribution in [0.25, 0.3) is 0 Å². The molecule has 49 heavy (non-hydrogen) atoms. The Morgan fingerprint density at radius 3 is 2.31 bits per heavy atom. The van der Waals surface area contributed by atoms with Gasteiger partial charge in [0.25, 0.3) is 0 Å². The maximum atomic E-state index is 13.7. The van der Waals surface area contributed by atoms with Crippen LogP contribution in [0.15, 0.2) is 11.6 Å². The van der Waals surface area contributed by atoms with Crippen molar-refractivity contribution in [3.8, 4) is 0 Å². The Kier molecular flexibility index (Phi) is 11.2. The number of ether oxygens (including phenoxy) is 1. The lowest BCUT2D eigenvalue weighted by molar-refractivity contribution is -0.168. The number of fused-ring (bicyclic) bond motifs is 2. The molecular formula is C44H75N3O2. The van der Waals surface area contributed by atoms with E-state index in [9.17, 15) is 4.79 Å². The predicted octanol–water partition coefficient (Wildman–Crippen LogP) is 8.72. The lowest BCUT2D eigenvalue weighted by atomic mass is 9.42. The van der Waals surface area contributed by atoms with Gasteiger partial charge in [-0.2, -0.15) is 0 Å². The third-order valence-corrected chi connectivity index (χ3v) is 16.8. The minimum atomic E-state index is -0.197. The molecule has 4 saturated carbocycles. The Labute approximate surface area is 301 Å². The highest BCUT2D eigenvalue weighted by Gasteiger charge is 2.81. The van der Waals surface area contributed by atoms with Crippen LogP contribution in [-0.2, 0) is 9.53 Å². The van der Waals surface area contributed by atoms with E-state index in [4.69, 9.17) is 4.74 Å². The smallest absolute Gasteiger partial charge is 0.127 e. The van der Waals surface area contributed by atoms with Crippen molar-refractivity contribution in [1.82, 2.24) is 14.7 Å². The summed E-state index contributed by atoms with van der Waals surface area (Å²) in [5.74, 6) is 4.47. The van der Waals surface area contributed by atoms with Crippen molar-refractivity contribution in [2.24, 2.45) is 57.7 Å². The number of carbonyl (C=O) groups excluding carboxylic acids is 1. The van der Waals surface area contributed by atoms with E-state index in [0.29, 0.717) is 35.7 Å². The van der Waals surface area contributed by atoms with E-state index >= 15 is 0 Å². The molecule has 5 nitrogen and oxygen atoms in total. The SMILES string of the molecule is CCCCCN1CCN(CCCN(CC)CC2OC(C34C[C@@H]5[C@H](C)CC[C@H]5C5(C=O)CC3C=C(C(C)C)[C@@]45C)CC2C2CCCCC2)CC1. The van der Waals surface area contributed by atoms with Gasteiger partial charge in [-0.15, -0.1) is 0 Å². The zero-order valence-corrected chi connectivity index (χ0v) is 32.8. The summed E-state index contributed by atoms with van der Waals surface area (Å²) < 4.78 is 7.71. The molecule has 5 aliphatic carbocycles. The Bertz CT molecular complexity index is 1160. The molecule has 10 atom stereocenters. The number of nitrogens with zero attached hydrogens (tertiary/aromatic N) is 3. The largest absolute Gasteiger partial charge is 0.373 e. The average Bonchev–Trinajstić information content (AvgIpc) is 3.80. The molecule has 6 unspecified atom stereocenters. The molecule has 0 radical (unpaired) electrons. The molecule has 278 valence electrons. The van der Waals surface area contributed by atoms with Crippen LogP contribution < -0.4 is 0 Å². The maximum absolute atomic E-state index is 13.7. The number of hydrogen-bond acceptors (Lipinski definition) is 5. The molecule has 0 aromatic heterocycles. The Morgan fingerprint density at radius 1 is 0.939 bits per heavy atom. The molecule has 0 aromatic carbocycles. The van der Waals surface area contributed by atoms with Crippen LogP contribution in [0.4, 0.5) is 0 Å². The zero-order chi connectivity index (χ0) is 34.4. The number of unbranched alkanes of at least 4 members (excludes halogenated alkanes) is 2. The van der Waals surface area contributed by atoms with Crippen LogP contribution in [0.1, 0.15) is 131 Å². The molecule has 0 N–H and O–H groups in total. The summed E-state index contributed by atoms with van der Waals surface area (Å²) in [5, 5.41) is 0. The fourth-order valence-electron chi connectivity index (χ4n) is 14.2. The van der Waals surface area contributed by atoms with Gasteiger partial charge in [0.05, 0.1) is 12.2 Å². The second-order valence-electron chi connectivity index (χ2n) is 19.0. The number of piperazine rings is 1. The second kappa shape index (κ2) is 14.9. The lowest BCUT2D eigenvalue weighted by Crippen LogP contribution is -2.60. The molecule has 2 aliphatic heterocycles. The van der Waals surface area contributed by atoms with Gasteiger partial charge >= 0.3 is 0 Å². The van der Waals surface area contributed by atoms with Gasteiger partial charge < -0.3 is 24.2 Å². The monoisotopic (exact) mass is 678 g/mol. The van der Waals surface area contributed by atoms with E-state index in [2.05, 4.69) is 62.3 Å². The van der Waals surface area contributed by atoms with Gasteiger partial charge in [-0.05, 0) is 106 Å². The highest BCUT2D eigenvalue weighted by atomic mass is 16.5. The number of aldehydes is 1. The normalized spacial score (nSPS) is 42.8. The second-order valence-corrected chi connectivity index (χ2v) is 19.0. The minimum Gasteiger partial charge on any atom is -0.373 e. The number of allylic oxidation sites excluding steroid dienone is 2. The summed E-state index contributed by atoms with van der Waals surface area (Å²) in [6.07, 6.45) is 23.4. The van der Waals surface area contributed by atoms with Crippen molar-refractivity contribution in [2.75, 3.05) is 58.9 Å². The van der Waals surface area contributed by atoms with Crippen LogP contribution in [0.3, 0.4) is 0 Å². The molecule has 2 heterocycles. The number of hydrogen-bond donors (Lipinski definition) is 0. The summed E-state index contributed by atoms with van der Waals surface area (Å²) in [7, 11) is 0. The van der Waals surface area contributed by atoms with Gasteiger partial charge in [0.1, 0.15) is 6.29 Å². The molecule has 2 saturated heterocycles. The van der Waals surface area contributed by atoms with Crippen LogP contribution in [0.5, 0.6) is 0 Å². The van der Waals surface area contributed by atoms with E-state index in [1.807, 2.05) is 0 Å². The Morgan fingerprint density at radius 2 is 1.65 bits per heavy atom. The third kappa shape index (κ3) is 6.07. The van der Waals surface area contributed by atoms with Gasteiger partial charge in [-0.25, -0.2) is 0 Å². The Balaban J connectivity index is 1.07. The van der Waals surface area contributed by atoms with E-state index in [1.54, 1.807) is 5.57 Å². The fraction of sp³-hybridized carbons (Fsp3) is 0.932. The lowest BCUT2D eigenvalue weighted by Gasteiger charge is -2.61. The molecule has 6 fully saturated rings.